The van der Waals surface area contributed by atoms with Gasteiger partial charge < -0.3 is 11.1 Å². The van der Waals surface area contributed by atoms with Gasteiger partial charge in [0.1, 0.15) is 11.9 Å². The summed E-state index contributed by atoms with van der Waals surface area (Å²) in [4.78, 5) is 15.8. The van der Waals surface area contributed by atoms with Crippen LogP contribution < -0.4 is 11.1 Å². The molecule has 100 valence electrons. The van der Waals surface area contributed by atoms with Crippen molar-refractivity contribution < 1.29 is 4.79 Å². The molecule has 0 saturated carbocycles. The SMILES string of the molecule is CC(C)C(Nc1nccc2c(Br)cccc12)C(N)=O. The lowest BCUT2D eigenvalue weighted by Crippen LogP contribution is -2.39. The van der Waals surface area contributed by atoms with E-state index in [0.717, 1.165) is 15.2 Å². The molecule has 0 aliphatic heterocycles. The Morgan fingerprint density at radius 3 is 2.68 bits per heavy atom. The van der Waals surface area contributed by atoms with E-state index in [9.17, 15) is 4.79 Å². The summed E-state index contributed by atoms with van der Waals surface area (Å²) in [5.41, 5.74) is 5.42. The lowest BCUT2D eigenvalue weighted by Gasteiger charge is -2.20. The number of primary amides is 1. The Labute approximate surface area is 120 Å². The number of halogens is 1. The zero-order valence-corrected chi connectivity index (χ0v) is 12.4. The first-order chi connectivity index (χ1) is 9.00. The van der Waals surface area contributed by atoms with Crippen LogP contribution in [0.5, 0.6) is 0 Å². The third-order valence-corrected chi connectivity index (χ3v) is 3.71. The molecule has 1 atom stereocenters. The molecule has 5 heteroatoms. The van der Waals surface area contributed by atoms with E-state index in [1.807, 2.05) is 38.1 Å². The molecule has 0 saturated heterocycles. The van der Waals surface area contributed by atoms with Gasteiger partial charge in [-0.25, -0.2) is 4.98 Å². The molecule has 19 heavy (non-hydrogen) atoms. The van der Waals surface area contributed by atoms with Crippen LogP contribution in [0.1, 0.15) is 13.8 Å². The fraction of sp³-hybridized carbons (Fsp3) is 0.286. The number of carbonyl (C=O) groups excluding carboxylic acids is 1. The molecule has 1 heterocycles. The standard InChI is InChI=1S/C14H16BrN3O/c1-8(2)12(13(16)19)18-14-10-4-3-5-11(15)9(10)6-7-17-14/h3-8,12H,1-2H3,(H2,16,19)(H,17,18). The molecule has 4 nitrogen and oxygen atoms in total. The summed E-state index contributed by atoms with van der Waals surface area (Å²) < 4.78 is 0.996. The monoisotopic (exact) mass is 321 g/mol. The smallest absolute Gasteiger partial charge is 0.240 e. The Bertz CT molecular complexity index is 613. The highest BCUT2D eigenvalue weighted by Crippen LogP contribution is 2.28. The van der Waals surface area contributed by atoms with Crippen LogP contribution in [0.4, 0.5) is 5.82 Å². The third kappa shape index (κ3) is 2.87. The Hall–Kier alpha value is -1.62. The maximum atomic E-state index is 11.5. The number of hydrogen-bond donors (Lipinski definition) is 2. The number of fused-ring (bicyclic) bond motifs is 1. The zero-order valence-electron chi connectivity index (χ0n) is 10.9. The van der Waals surface area contributed by atoms with E-state index in [1.165, 1.54) is 0 Å². The van der Waals surface area contributed by atoms with Crippen LogP contribution in [0.15, 0.2) is 34.9 Å². The number of aromatic nitrogens is 1. The predicted molar refractivity (Wildman–Crippen MR) is 80.9 cm³/mol. The number of nitrogens with two attached hydrogens (primary N) is 1. The van der Waals surface area contributed by atoms with E-state index in [2.05, 4.69) is 26.2 Å². The van der Waals surface area contributed by atoms with Gasteiger partial charge in [-0.3, -0.25) is 4.79 Å². The topological polar surface area (TPSA) is 68.0 Å². The molecule has 2 aromatic rings. The van der Waals surface area contributed by atoms with Gasteiger partial charge in [-0.2, -0.15) is 0 Å². The van der Waals surface area contributed by atoms with Crippen molar-refractivity contribution >= 4 is 38.4 Å². The minimum atomic E-state index is -0.433. The molecule has 1 aromatic carbocycles. The molecule has 3 N–H and O–H groups in total. The van der Waals surface area contributed by atoms with E-state index in [0.29, 0.717) is 5.82 Å². The van der Waals surface area contributed by atoms with Crippen LogP contribution in [0.25, 0.3) is 10.8 Å². The molecule has 0 aliphatic rings. The number of nitrogens with one attached hydrogen (secondary N) is 1. The summed E-state index contributed by atoms with van der Waals surface area (Å²) >= 11 is 3.51. The van der Waals surface area contributed by atoms with Crippen LogP contribution >= 0.6 is 15.9 Å². The molecular formula is C14H16BrN3O. The van der Waals surface area contributed by atoms with Gasteiger partial charge in [-0.15, -0.1) is 0 Å². The number of nitrogens with zero attached hydrogens (tertiary/aromatic N) is 1. The highest BCUT2D eigenvalue weighted by atomic mass is 79.9. The van der Waals surface area contributed by atoms with Gasteiger partial charge in [0.25, 0.3) is 0 Å². The number of rotatable bonds is 4. The van der Waals surface area contributed by atoms with Gasteiger partial charge in [0.05, 0.1) is 0 Å². The molecule has 0 bridgehead atoms. The second kappa shape index (κ2) is 5.57. The van der Waals surface area contributed by atoms with Crippen LogP contribution in [-0.2, 0) is 4.79 Å². The van der Waals surface area contributed by atoms with Crippen molar-refractivity contribution in [3.8, 4) is 0 Å². The van der Waals surface area contributed by atoms with Gasteiger partial charge >= 0.3 is 0 Å². The fourth-order valence-electron chi connectivity index (χ4n) is 2.00. The first kappa shape index (κ1) is 13.8. The van der Waals surface area contributed by atoms with Crippen LogP contribution in [-0.4, -0.2) is 16.9 Å². The molecule has 2 rings (SSSR count). The minimum absolute atomic E-state index is 0.0988. The average Bonchev–Trinajstić information content (AvgIpc) is 2.36. The average molecular weight is 322 g/mol. The van der Waals surface area contributed by atoms with Gasteiger partial charge in [0.2, 0.25) is 5.91 Å². The molecule has 0 aliphatic carbocycles. The summed E-state index contributed by atoms with van der Waals surface area (Å²) in [6, 6.07) is 7.37. The van der Waals surface area contributed by atoms with Crippen molar-refractivity contribution in [3.63, 3.8) is 0 Å². The predicted octanol–water partition coefficient (Wildman–Crippen LogP) is 2.92. The molecule has 0 spiro atoms. The maximum absolute atomic E-state index is 11.5. The van der Waals surface area contributed by atoms with Crippen molar-refractivity contribution in [2.24, 2.45) is 11.7 Å². The fourth-order valence-corrected chi connectivity index (χ4v) is 2.50. The van der Waals surface area contributed by atoms with Crippen LogP contribution in [0.3, 0.4) is 0 Å². The number of pyridine rings is 1. The number of benzene rings is 1. The lowest BCUT2D eigenvalue weighted by atomic mass is 10.0. The van der Waals surface area contributed by atoms with Crippen molar-refractivity contribution in [1.82, 2.24) is 4.98 Å². The first-order valence-corrected chi connectivity index (χ1v) is 6.89. The maximum Gasteiger partial charge on any atom is 0.240 e. The van der Waals surface area contributed by atoms with Crippen LogP contribution in [0, 0.1) is 5.92 Å². The highest BCUT2D eigenvalue weighted by Gasteiger charge is 2.20. The number of amides is 1. The highest BCUT2D eigenvalue weighted by molar-refractivity contribution is 9.10. The third-order valence-electron chi connectivity index (χ3n) is 3.02. The van der Waals surface area contributed by atoms with Gasteiger partial charge in [-0.1, -0.05) is 41.9 Å². The molecule has 0 radical (unpaired) electrons. The summed E-state index contributed by atoms with van der Waals surface area (Å²) in [5.74, 6) is 0.404. The van der Waals surface area contributed by atoms with E-state index in [4.69, 9.17) is 5.73 Å². The van der Waals surface area contributed by atoms with Crippen molar-refractivity contribution in [1.29, 1.82) is 0 Å². The molecular weight excluding hydrogens is 306 g/mol. The quantitative estimate of drug-likeness (QED) is 0.909. The second-order valence-corrected chi connectivity index (χ2v) is 5.62. The van der Waals surface area contributed by atoms with Crippen molar-refractivity contribution in [2.75, 3.05) is 5.32 Å². The Balaban J connectivity index is 2.46. The van der Waals surface area contributed by atoms with Gasteiger partial charge in [0.15, 0.2) is 0 Å². The zero-order chi connectivity index (χ0) is 14.0. The second-order valence-electron chi connectivity index (χ2n) is 4.76. The summed E-state index contributed by atoms with van der Waals surface area (Å²) in [6.45, 7) is 3.90. The van der Waals surface area contributed by atoms with Gasteiger partial charge in [0, 0.05) is 21.4 Å². The number of hydrogen-bond acceptors (Lipinski definition) is 3. The van der Waals surface area contributed by atoms with E-state index < -0.39 is 6.04 Å². The molecule has 1 amide bonds. The van der Waals surface area contributed by atoms with Crippen molar-refractivity contribution in [3.05, 3.63) is 34.9 Å². The number of carbonyl (C=O) groups is 1. The van der Waals surface area contributed by atoms with E-state index in [1.54, 1.807) is 6.20 Å². The Kier molecular flexibility index (Phi) is 4.04. The van der Waals surface area contributed by atoms with Gasteiger partial charge in [-0.05, 0) is 18.1 Å². The van der Waals surface area contributed by atoms with Crippen LogP contribution in [0.2, 0.25) is 0 Å². The van der Waals surface area contributed by atoms with E-state index >= 15 is 0 Å². The Morgan fingerprint density at radius 1 is 1.32 bits per heavy atom. The molecule has 1 aromatic heterocycles. The summed E-state index contributed by atoms with van der Waals surface area (Å²) in [6.07, 6.45) is 1.72. The summed E-state index contributed by atoms with van der Waals surface area (Å²) in [7, 11) is 0. The largest absolute Gasteiger partial charge is 0.368 e. The Morgan fingerprint density at radius 2 is 2.05 bits per heavy atom. The summed E-state index contributed by atoms with van der Waals surface area (Å²) in [5, 5.41) is 5.15. The normalized spacial score (nSPS) is 12.6. The molecule has 1 unspecified atom stereocenters. The number of anilines is 1. The van der Waals surface area contributed by atoms with Crippen molar-refractivity contribution in [2.45, 2.75) is 19.9 Å². The lowest BCUT2D eigenvalue weighted by molar-refractivity contribution is -0.119. The molecule has 0 fully saturated rings. The minimum Gasteiger partial charge on any atom is -0.368 e. The first-order valence-electron chi connectivity index (χ1n) is 6.09. The van der Waals surface area contributed by atoms with E-state index in [-0.39, 0.29) is 11.8 Å².